The summed E-state index contributed by atoms with van der Waals surface area (Å²) in [5.74, 6) is 3.08. The first-order valence-electron chi connectivity index (χ1n) is 17.7. The number of carbonyl (C=O) groups is 2. The Bertz CT molecular complexity index is 1230. The molecule has 4 atom stereocenters. The zero-order valence-corrected chi connectivity index (χ0v) is 31.4. The Morgan fingerprint density at radius 1 is 1.06 bits per heavy atom. The number of halogens is 3. The van der Waals surface area contributed by atoms with Crippen LogP contribution in [0, 0.1) is 22.7 Å². The average molecular weight is 692 g/mol. The topological polar surface area (TPSA) is 75.6 Å². The van der Waals surface area contributed by atoms with Crippen LogP contribution in [0.25, 0.3) is 0 Å². The van der Waals surface area contributed by atoms with Crippen molar-refractivity contribution in [3.05, 3.63) is 28.8 Å². The largest absolute Gasteiger partial charge is 0.413 e. The summed E-state index contributed by atoms with van der Waals surface area (Å²) in [7, 11) is 9.60. The molecule has 0 spiro atoms. The minimum atomic E-state index is -4.53. The summed E-state index contributed by atoms with van der Waals surface area (Å²) < 4.78 is 41.3. The molecule has 0 heterocycles. The van der Waals surface area contributed by atoms with Crippen LogP contribution in [0.5, 0.6) is 5.75 Å². The highest BCUT2D eigenvalue weighted by molar-refractivity contribution is 7.80. The first-order valence-corrected chi connectivity index (χ1v) is 18.3. The lowest BCUT2D eigenvalue weighted by Crippen LogP contribution is -2.47. The van der Waals surface area contributed by atoms with Crippen LogP contribution >= 0.6 is 12.6 Å². The predicted octanol–water partition coefficient (Wildman–Crippen LogP) is 9.08. The van der Waals surface area contributed by atoms with Crippen molar-refractivity contribution in [1.29, 1.82) is 0 Å². The second-order valence-corrected chi connectivity index (χ2v) is 16.1. The van der Waals surface area contributed by atoms with Crippen LogP contribution in [-0.4, -0.2) is 56.8 Å². The van der Waals surface area contributed by atoms with Crippen LogP contribution in [0.2, 0.25) is 5.21 Å². The van der Waals surface area contributed by atoms with Crippen molar-refractivity contribution in [1.82, 2.24) is 5.32 Å². The molecule has 48 heavy (non-hydrogen) atoms. The van der Waals surface area contributed by atoms with Crippen LogP contribution < -0.4 is 10.1 Å². The van der Waals surface area contributed by atoms with Gasteiger partial charge in [0.05, 0.1) is 27.8 Å². The molecular formula is C37H58B2F3NO4S. The van der Waals surface area contributed by atoms with Crippen LogP contribution in [0.15, 0.2) is 12.1 Å². The number of aryl methyl sites for hydroxylation is 2. The molecule has 0 aliphatic heterocycles. The van der Waals surface area contributed by atoms with Crippen molar-refractivity contribution >= 4 is 40.2 Å². The Morgan fingerprint density at radius 2 is 1.69 bits per heavy atom. The number of aliphatic hydroxyl groups is 1. The van der Waals surface area contributed by atoms with Gasteiger partial charge >= 0.3 is 12.3 Å². The number of thiol groups is 1. The van der Waals surface area contributed by atoms with Crippen molar-refractivity contribution in [3.63, 3.8) is 0 Å². The number of hydrogen-bond donors (Lipinski definition) is 3. The number of ether oxygens (including phenoxy) is 1. The van der Waals surface area contributed by atoms with Gasteiger partial charge in [0.25, 0.3) is 0 Å². The van der Waals surface area contributed by atoms with E-state index in [1.807, 2.05) is 0 Å². The van der Waals surface area contributed by atoms with Crippen molar-refractivity contribution in [2.45, 2.75) is 149 Å². The van der Waals surface area contributed by atoms with Gasteiger partial charge in [-0.3, -0.25) is 4.79 Å². The zero-order valence-electron chi connectivity index (χ0n) is 30.5. The fourth-order valence-electron chi connectivity index (χ4n) is 6.99. The van der Waals surface area contributed by atoms with Crippen molar-refractivity contribution in [2.75, 3.05) is 12.4 Å². The third-order valence-electron chi connectivity index (χ3n) is 11.2. The van der Waals surface area contributed by atoms with Gasteiger partial charge < -0.3 is 15.2 Å². The standard InChI is InChI=1S/C25H35NO4.C7H16.C5H7B2F3S/c1-5-15-12-19-16(13-21(15)30-23(29)26-24(2,3)14-27)6-7-18-17(19)10-11-25(4)20(18)8-9-22(25)28;1-5-7(3,4)6-2;6-4(7,2-1-3-11)5(8,9)10/h12-13,17-18,20,27H,5-11,14H2,1-4H3,(H,26,29);5-6H2,1-4H3;11H,1-3H2. The minimum Gasteiger partial charge on any atom is -0.410 e. The van der Waals surface area contributed by atoms with Gasteiger partial charge in [0.2, 0.25) is 0 Å². The molecule has 4 radical (unpaired) electrons. The summed E-state index contributed by atoms with van der Waals surface area (Å²) in [6, 6.07) is 4.31. The molecule has 1 amide bonds. The normalized spacial score (nSPS) is 23.8. The molecule has 268 valence electrons. The predicted molar refractivity (Wildman–Crippen MR) is 193 cm³/mol. The van der Waals surface area contributed by atoms with Crippen LogP contribution in [0.1, 0.15) is 136 Å². The second-order valence-electron chi connectivity index (χ2n) is 15.6. The maximum atomic E-state index is 12.5. The first-order chi connectivity index (χ1) is 22.1. The summed E-state index contributed by atoms with van der Waals surface area (Å²) in [5.41, 5.74) is 3.49. The Labute approximate surface area is 295 Å². The third-order valence-corrected chi connectivity index (χ3v) is 11.5. The van der Waals surface area contributed by atoms with E-state index < -0.39 is 23.0 Å². The van der Waals surface area contributed by atoms with E-state index in [4.69, 9.17) is 20.4 Å². The molecule has 2 N–H and O–H groups in total. The van der Waals surface area contributed by atoms with Crippen LogP contribution in [0.4, 0.5) is 18.0 Å². The molecule has 0 saturated heterocycles. The lowest BCUT2D eigenvalue weighted by atomic mass is 9.52. The zero-order chi connectivity index (χ0) is 36.7. The maximum Gasteiger partial charge on any atom is 0.413 e. The highest BCUT2D eigenvalue weighted by Crippen LogP contribution is 2.59. The van der Waals surface area contributed by atoms with Crippen LogP contribution in [0.3, 0.4) is 0 Å². The smallest absolute Gasteiger partial charge is 0.410 e. The number of Topliss-reactive ketones (excluding diaryl/α,β-unsaturated/α-hetero) is 1. The molecule has 0 bridgehead atoms. The summed E-state index contributed by atoms with van der Waals surface area (Å²) in [5, 5.41) is 9.55. The summed E-state index contributed by atoms with van der Waals surface area (Å²) in [6.45, 7) is 16.7. The second kappa shape index (κ2) is 17.1. The number of nitrogens with one attached hydrogen (secondary N) is 1. The van der Waals surface area contributed by atoms with Gasteiger partial charge in [0.1, 0.15) is 11.5 Å². The molecule has 0 aromatic heterocycles. The molecular weight excluding hydrogens is 633 g/mol. The number of benzene rings is 1. The molecule has 2 fully saturated rings. The van der Waals surface area contributed by atoms with E-state index in [2.05, 4.69) is 71.6 Å². The van der Waals surface area contributed by atoms with E-state index in [0.717, 1.165) is 50.5 Å². The molecule has 1 aromatic rings. The van der Waals surface area contributed by atoms with Gasteiger partial charge in [0.15, 0.2) is 0 Å². The van der Waals surface area contributed by atoms with Crippen molar-refractivity contribution in [3.8, 4) is 5.75 Å². The molecule has 3 aliphatic carbocycles. The van der Waals surface area contributed by atoms with E-state index in [1.165, 1.54) is 24.0 Å². The molecule has 4 unspecified atom stereocenters. The SMILES string of the molecule is CCC(C)(C)CC.CCc1cc2c(cc1OC(=O)NC(C)(C)CO)CCC1C2CCC2(C)C(=O)CCC12.[B]C([B])(CCCS)C(F)(F)F. The van der Waals surface area contributed by atoms with Crippen LogP contribution in [-0.2, 0) is 17.6 Å². The maximum absolute atomic E-state index is 12.5. The van der Waals surface area contributed by atoms with Gasteiger partial charge in [-0.05, 0) is 116 Å². The molecule has 1 aromatic carbocycles. The number of alkyl halides is 3. The van der Waals surface area contributed by atoms with E-state index >= 15 is 0 Å². The van der Waals surface area contributed by atoms with Crippen molar-refractivity contribution < 1.29 is 32.6 Å². The fraction of sp³-hybridized carbons (Fsp3) is 0.784. The number of ketones is 1. The quantitative estimate of drug-likeness (QED) is 0.179. The number of aliphatic hydroxyl groups excluding tert-OH is 1. The van der Waals surface area contributed by atoms with E-state index in [1.54, 1.807) is 13.8 Å². The number of amides is 1. The number of fused-ring (bicyclic) bond motifs is 5. The van der Waals surface area contributed by atoms with E-state index in [-0.39, 0.29) is 24.9 Å². The van der Waals surface area contributed by atoms with Gasteiger partial charge in [-0.1, -0.05) is 66.9 Å². The number of hydrogen-bond acceptors (Lipinski definition) is 5. The van der Waals surface area contributed by atoms with Gasteiger partial charge in [-0.2, -0.15) is 25.8 Å². The van der Waals surface area contributed by atoms with Crippen molar-refractivity contribution in [2.24, 2.45) is 22.7 Å². The first kappa shape index (κ1) is 42.6. The van der Waals surface area contributed by atoms with Gasteiger partial charge in [0, 0.05) is 11.8 Å². The minimum absolute atomic E-state index is 0.104. The molecule has 2 saturated carbocycles. The average Bonchev–Trinajstić information content (AvgIpc) is 3.33. The van der Waals surface area contributed by atoms with E-state index in [9.17, 15) is 27.9 Å². The molecule has 4 rings (SSSR count). The lowest BCUT2D eigenvalue weighted by molar-refractivity contribution is -0.145. The van der Waals surface area contributed by atoms with Gasteiger partial charge in [-0.15, -0.1) is 0 Å². The third kappa shape index (κ3) is 10.7. The fourth-order valence-corrected chi connectivity index (χ4v) is 7.15. The van der Waals surface area contributed by atoms with Gasteiger partial charge in [-0.25, -0.2) is 4.79 Å². The molecule has 11 heteroatoms. The Balaban J connectivity index is 0.000000367. The highest BCUT2D eigenvalue weighted by atomic mass is 32.1. The Hall–Kier alpha value is -1.61. The van der Waals surface area contributed by atoms with E-state index in [0.29, 0.717) is 40.5 Å². The molecule has 3 aliphatic rings. The summed E-state index contributed by atoms with van der Waals surface area (Å²) in [6.07, 6.45) is 4.24. The Kier molecular flexibility index (Phi) is 15.1. The lowest BCUT2D eigenvalue weighted by Gasteiger charge is -2.48. The summed E-state index contributed by atoms with van der Waals surface area (Å²) >= 11 is 3.75. The summed E-state index contributed by atoms with van der Waals surface area (Å²) in [4.78, 5) is 24.9. The number of carbonyl (C=O) groups excluding carboxylic acids is 2. The highest BCUT2D eigenvalue weighted by Gasteiger charge is 2.54. The Morgan fingerprint density at radius 3 is 2.19 bits per heavy atom. The monoisotopic (exact) mass is 691 g/mol. The molecule has 5 nitrogen and oxygen atoms in total. The number of rotatable bonds is 9.